The molecule has 0 aliphatic rings. The number of carbonyl (C=O) groups is 2. The summed E-state index contributed by atoms with van der Waals surface area (Å²) >= 11 is 0. The van der Waals surface area contributed by atoms with Gasteiger partial charge in [-0.3, -0.25) is 9.59 Å². The Balaban J connectivity index is 0.00000338. The van der Waals surface area contributed by atoms with Gasteiger partial charge in [0.1, 0.15) is 6.04 Å². The Kier molecular flexibility index (Phi) is 7.52. The van der Waals surface area contributed by atoms with Crippen molar-refractivity contribution in [3.63, 3.8) is 0 Å². The molecule has 0 bridgehead atoms. The van der Waals surface area contributed by atoms with E-state index in [0.717, 1.165) is 5.39 Å². The van der Waals surface area contributed by atoms with Gasteiger partial charge in [0, 0.05) is 6.54 Å². The van der Waals surface area contributed by atoms with E-state index in [-0.39, 0.29) is 17.3 Å². The lowest BCUT2D eigenvalue weighted by atomic mass is 10.1. The number of halogens is 1. The van der Waals surface area contributed by atoms with Crippen molar-refractivity contribution in [2.75, 3.05) is 6.54 Å². The van der Waals surface area contributed by atoms with Gasteiger partial charge < -0.3 is 16.2 Å². The van der Waals surface area contributed by atoms with Crippen LogP contribution in [0.25, 0.3) is 10.8 Å². The second-order valence-corrected chi connectivity index (χ2v) is 7.27. The summed E-state index contributed by atoms with van der Waals surface area (Å²) in [7, 11) is -4.08. The molecule has 0 heterocycles. The van der Waals surface area contributed by atoms with E-state index in [1.807, 2.05) is 12.1 Å². The van der Waals surface area contributed by atoms with Crippen LogP contribution in [0.4, 0.5) is 0 Å². The molecule has 0 aliphatic heterocycles. The van der Waals surface area contributed by atoms with Gasteiger partial charge in [0.15, 0.2) is 0 Å². The van der Waals surface area contributed by atoms with Crippen LogP contribution in [0.1, 0.15) is 6.92 Å². The van der Waals surface area contributed by atoms with Crippen molar-refractivity contribution in [1.82, 2.24) is 10.0 Å². The summed E-state index contributed by atoms with van der Waals surface area (Å²) in [4.78, 5) is 22.7. The van der Waals surface area contributed by atoms with Crippen LogP contribution in [0.5, 0.6) is 0 Å². The second-order valence-electron chi connectivity index (χ2n) is 5.55. The molecule has 142 valence electrons. The van der Waals surface area contributed by atoms with Gasteiger partial charge in [0.05, 0.1) is 10.9 Å². The quantitative estimate of drug-likeness (QED) is 0.531. The monoisotopic (exact) mass is 401 g/mol. The third-order valence-electron chi connectivity index (χ3n) is 3.52. The van der Waals surface area contributed by atoms with Crippen LogP contribution in [-0.4, -0.2) is 44.0 Å². The van der Waals surface area contributed by atoms with Gasteiger partial charge in [-0.25, -0.2) is 8.42 Å². The van der Waals surface area contributed by atoms with Crippen molar-refractivity contribution in [3.05, 3.63) is 42.5 Å². The summed E-state index contributed by atoms with van der Waals surface area (Å²) < 4.78 is 27.0. The first-order valence-electron chi connectivity index (χ1n) is 7.48. The van der Waals surface area contributed by atoms with Crippen molar-refractivity contribution >= 4 is 45.1 Å². The Hall–Kier alpha value is -2.20. The van der Waals surface area contributed by atoms with E-state index >= 15 is 0 Å². The van der Waals surface area contributed by atoms with E-state index in [0.29, 0.717) is 5.39 Å². The van der Waals surface area contributed by atoms with Crippen LogP contribution in [0.3, 0.4) is 0 Å². The number of amides is 1. The van der Waals surface area contributed by atoms with Crippen molar-refractivity contribution in [1.29, 1.82) is 0 Å². The Morgan fingerprint density at radius 2 is 1.77 bits per heavy atom. The molecule has 2 rings (SSSR count). The largest absolute Gasteiger partial charge is 0.480 e. The highest BCUT2D eigenvalue weighted by Gasteiger charge is 2.26. The highest BCUT2D eigenvalue weighted by molar-refractivity contribution is 7.89. The maximum atomic E-state index is 12.5. The third kappa shape index (κ3) is 5.40. The first kappa shape index (κ1) is 21.8. The second kappa shape index (κ2) is 8.95. The third-order valence-corrected chi connectivity index (χ3v) is 4.99. The van der Waals surface area contributed by atoms with Crippen molar-refractivity contribution in [3.8, 4) is 0 Å². The van der Waals surface area contributed by atoms with Gasteiger partial charge in [-0.1, -0.05) is 30.3 Å². The fraction of sp³-hybridized carbons (Fsp3) is 0.250. The van der Waals surface area contributed by atoms with Gasteiger partial charge in [0.2, 0.25) is 15.9 Å². The number of nitrogens with one attached hydrogen (secondary N) is 2. The highest BCUT2D eigenvalue weighted by Crippen LogP contribution is 2.19. The molecule has 0 aromatic heterocycles. The van der Waals surface area contributed by atoms with Crippen molar-refractivity contribution in [2.45, 2.75) is 23.9 Å². The molecule has 8 nitrogen and oxygen atoms in total. The average Bonchev–Trinajstić information content (AvgIpc) is 2.57. The number of nitrogens with two attached hydrogens (primary N) is 1. The summed E-state index contributed by atoms with van der Waals surface area (Å²) in [5.74, 6) is -1.98. The number of hydrogen-bond acceptors (Lipinski definition) is 5. The number of fused-ring (bicyclic) bond motifs is 1. The normalized spacial score (nSPS) is 13.5. The molecule has 2 aromatic rings. The molecule has 2 unspecified atom stereocenters. The van der Waals surface area contributed by atoms with Crippen molar-refractivity contribution in [2.24, 2.45) is 5.73 Å². The standard InChI is InChI=1S/C16H19N3O5S.ClH/c1-10(17)15(20)18-9-14(16(21)22)19-25(23,24)13-7-6-11-4-2-3-5-12(11)8-13;/h2-8,10,14,19H,9,17H2,1H3,(H,18,20)(H,21,22);1H. The van der Waals surface area contributed by atoms with E-state index in [9.17, 15) is 23.1 Å². The number of carboxylic acid groups (broad SMARTS) is 1. The Morgan fingerprint density at radius 1 is 1.15 bits per heavy atom. The zero-order chi connectivity index (χ0) is 18.6. The number of hydrogen-bond donors (Lipinski definition) is 4. The molecule has 0 saturated heterocycles. The molecule has 0 saturated carbocycles. The predicted octanol–water partition coefficient (Wildman–Crippen LogP) is 0.457. The summed E-state index contributed by atoms with van der Waals surface area (Å²) in [5, 5.41) is 13.1. The Bertz CT molecular complexity index is 902. The van der Waals surface area contributed by atoms with Gasteiger partial charge >= 0.3 is 5.97 Å². The smallest absolute Gasteiger partial charge is 0.323 e. The van der Waals surface area contributed by atoms with Crippen LogP contribution in [0.15, 0.2) is 47.4 Å². The molecule has 0 radical (unpaired) electrons. The molecule has 2 atom stereocenters. The fourth-order valence-corrected chi connectivity index (χ4v) is 3.36. The summed E-state index contributed by atoms with van der Waals surface area (Å²) in [6.07, 6.45) is 0. The molecule has 0 fully saturated rings. The highest BCUT2D eigenvalue weighted by atomic mass is 35.5. The van der Waals surface area contributed by atoms with Gasteiger partial charge in [0.25, 0.3) is 0 Å². The minimum Gasteiger partial charge on any atom is -0.480 e. The zero-order valence-corrected chi connectivity index (χ0v) is 15.5. The topological polar surface area (TPSA) is 139 Å². The van der Waals surface area contributed by atoms with Crippen LogP contribution in [-0.2, 0) is 19.6 Å². The lowest BCUT2D eigenvalue weighted by molar-refractivity contribution is -0.138. The summed E-state index contributed by atoms with van der Waals surface area (Å²) in [6, 6.07) is 9.34. The summed E-state index contributed by atoms with van der Waals surface area (Å²) in [5.41, 5.74) is 5.37. The van der Waals surface area contributed by atoms with Crippen LogP contribution >= 0.6 is 12.4 Å². The lowest BCUT2D eigenvalue weighted by Gasteiger charge is -2.16. The van der Waals surface area contributed by atoms with Gasteiger partial charge in [-0.2, -0.15) is 4.72 Å². The molecule has 5 N–H and O–H groups in total. The minimum atomic E-state index is -4.08. The molecular weight excluding hydrogens is 382 g/mol. The first-order chi connectivity index (χ1) is 11.7. The molecule has 26 heavy (non-hydrogen) atoms. The maximum absolute atomic E-state index is 12.5. The van der Waals surface area contributed by atoms with E-state index in [1.54, 1.807) is 18.2 Å². The molecule has 10 heteroatoms. The number of benzene rings is 2. The Morgan fingerprint density at radius 3 is 2.35 bits per heavy atom. The molecule has 1 amide bonds. The van der Waals surface area contributed by atoms with Crippen LogP contribution in [0, 0.1) is 0 Å². The first-order valence-corrected chi connectivity index (χ1v) is 8.96. The molecular formula is C16H20ClN3O5S. The average molecular weight is 402 g/mol. The molecule has 2 aromatic carbocycles. The number of carbonyl (C=O) groups excluding carboxylic acids is 1. The maximum Gasteiger partial charge on any atom is 0.323 e. The van der Waals surface area contributed by atoms with Gasteiger partial charge in [-0.15, -0.1) is 12.4 Å². The number of aliphatic carboxylic acids is 1. The Labute approximate surface area is 157 Å². The zero-order valence-electron chi connectivity index (χ0n) is 13.9. The van der Waals surface area contributed by atoms with E-state index in [1.165, 1.54) is 19.1 Å². The predicted molar refractivity (Wildman–Crippen MR) is 99.6 cm³/mol. The van der Waals surface area contributed by atoms with E-state index < -0.39 is 40.5 Å². The SMILES string of the molecule is CC(N)C(=O)NCC(NS(=O)(=O)c1ccc2ccccc2c1)C(=O)O.Cl. The lowest BCUT2D eigenvalue weighted by Crippen LogP contribution is -2.50. The molecule has 0 spiro atoms. The van der Waals surface area contributed by atoms with E-state index in [4.69, 9.17) is 5.73 Å². The van der Waals surface area contributed by atoms with Crippen LogP contribution < -0.4 is 15.8 Å². The minimum absolute atomic E-state index is 0. The number of carboxylic acids is 1. The summed E-state index contributed by atoms with van der Waals surface area (Å²) in [6.45, 7) is 1.02. The van der Waals surface area contributed by atoms with Crippen LogP contribution in [0.2, 0.25) is 0 Å². The van der Waals surface area contributed by atoms with Gasteiger partial charge in [-0.05, 0) is 29.8 Å². The van der Waals surface area contributed by atoms with Crippen molar-refractivity contribution < 1.29 is 23.1 Å². The molecule has 0 aliphatic carbocycles. The number of sulfonamides is 1. The number of rotatable bonds is 7. The van der Waals surface area contributed by atoms with E-state index in [2.05, 4.69) is 10.0 Å². The fourth-order valence-electron chi connectivity index (χ4n) is 2.13.